The van der Waals surface area contributed by atoms with Crippen molar-refractivity contribution in [3.63, 3.8) is 0 Å². The highest BCUT2D eigenvalue weighted by atomic mass is 19.1. The second-order valence-corrected chi connectivity index (χ2v) is 7.18. The molecule has 0 amide bonds. The number of rotatable bonds is 7. The van der Waals surface area contributed by atoms with Crippen LogP contribution in [-0.2, 0) is 0 Å². The van der Waals surface area contributed by atoms with Crippen molar-refractivity contribution in [1.82, 2.24) is 20.3 Å². The summed E-state index contributed by atoms with van der Waals surface area (Å²) >= 11 is 0. The molecule has 2 N–H and O–H groups in total. The van der Waals surface area contributed by atoms with E-state index in [-0.39, 0.29) is 23.5 Å². The number of halogens is 2. The van der Waals surface area contributed by atoms with Crippen LogP contribution in [0.3, 0.4) is 0 Å². The van der Waals surface area contributed by atoms with E-state index in [1.165, 1.54) is 25.7 Å². The van der Waals surface area contributed by atoms with Crippen molar-refractivity contribution in [2.45, 2.75) is 18.9 Å². The summed E-state index contributed by atoms with van der Waals surface area (Å²) in [6, 6.07) is 5.93. The Labute approximate surface area is 183 Å². The molecule has 10 heteroatoms. The minimum atomic E-state index is -0.896. The number of methoxy groups -OCH3 is 1. The molecule has 0 unspecified atom stereocenters. The first-order valence-corrected chi connectivity index (χ1v) is 9.98. The number of hydrogen-bond acceptors (Lipinski definition) is 8. The van der Waals surface area contributed by atoms with Gasteiger partial charge in [0.2, 0.25) is 5.88 Å². The van der Waals surface area contributed by atoms with Crippen molar-refractivity contribution < 1.29 is 18.3 Å². The number of nitrogens with zero attached hydrogens (tertiary/aromatic N) is 4. The molecular weight excluding hydrogens is 418 g/mol. The highest BCUT2D eigenvalue weighted by Gasteiger charge is 2.18. The fourth-order valence-corrected chi connectivity index (χ4v) is 3.39. The molecule has 0 radical (unpaired) electrons. The standard InChI is InChI=1S/C22H20F2N6O2/c1-31-20-17(23)6-16(7-18(20)24)32-22-19(28-11-15-3-2-4-27-15)12-29-21(30-22)14-5-13(8-25)9-26-10-14/h5-7,9-10,12,15,27-28H,2-4,11H2,1H3/t15-/m0/s1. The SMILES string of the molecule is COc1c(F)cc(Oc2nc(-c3cncc(C#N)c3)ncc2NC[C@@H]2CCCN2)cc1F. The lowest BCUT2D eigenvalue weighted by molar-refractivity contribution is 0.355. The maximum absolute atomic E-state index is 14.2. The zero-order valence-electron chi connectivity index (χ0n) is 17.2. The summed E-state index contributed by atoms with van der Waals surface area (Å²) in [6.07, 6.45) is 6.60. The summed E-state index contributed by atoms with van der Waals surface area (Å²) in [5.41, 5.74) is 1.32. The van der Waals surface area contributed by atoms with E-state index < -0.39 is 17.4 Å². The van der Waals surface area contributed by atoms with Crippen molar-refractivity contribution in [2.75, 3.05) is 25.5 Å². The summed E-state index contributed by atoms with van der Waals surface area (Å²) in [4.78, 5) is 12.8. The Hall–Kier alpha value is -3.84. The third-order valence-corrected chi connectivity index (χ3v) is 4.97. The molecule has 0 saturated carbocycles. The molecule has 3 heterocycles. The Kier molecular flexibility index (Phi) is 6.37. The number of benzene rings is 1. The zero-order chi connectivity index (χ0) is 22.5. The van der Waals surface area contributed by atoms with Crippen molar-refractivity contribution >= 4 is 5.69 Å². The van der Waals surface area contributed by atoms with E-state index in [1.54, 1.807) is 6.07 Å². The number of anilines is 1. The van der Waals surface area contributed by atoms with Gasteiger partial charge in [0, 0.05) is 42.7 Å². The predicted octanol–water partition coefficient (Wildman–Crippen LogP) is 3.65. The van der Waals surface area contributed by atoms with Crippen LogP contribution < -0.4 is 20.1 Å². The number of nitrogens with one attached hydrogen (secondary N) is 2. The predicted molar refractivity (Wildman–Crippen MR) is 112 cm³/mol. The van der Waals surface area contributed by atoms with Crippen LogP contribution in [0.1, 0.15) is 18.4 Å². The first-order valence-electron chi connectivity index (χ1n) is 9.98. The number of pyridine rings is 1. The van der Waals surface area contributed by atoms with Gasteiger partial charge >= 0.3 is 0 Å². The average Bonchev–Trinajstić information content (AvgIpc) is 3.32. The largest absolute Gasteiger partial charge is 0.491 e. The molecule has 32 heavy (non-hydrogen) atoms. The van der Waals surface area contributed by atoms with Crippen molar-refractivity contribution in [1.29, 1.82) is 5.26 Å². The number of nitriles is 1. The molecule has 1 aliphatic heterocycles. The molecule has 0 aliphatic carbocycles. The Morgan fingerprint density at radius 2 is 2.03 bits per heavy atom. The van der Waals surface area contributed by atoms with Crippen molar-refractivity contribution in [3.8, 4) is 34.8 Å². The van der Waals surface area contributed by atoms with Gasteiger partial charge in [0.25, 0.3) is 0 Å². The van der Waals surface area contributed by atoms with Crippen LogP contribution in [0, 0.1) is 23.0 Å². The topological polar surface area (TPSA) is 105 Å². The summed E-state index contributed by atoms with van der Waals surface area (Å²) in [6.45, 7) is 1.56. The zero-order valence-corrected chi connectivity index (χ0v) is 17.2. The Bertz CT molecular complexity index is 1140. The van der Waals surface area contributed by atoms with Crippen LogP contribution >= 0.6 is 0 Å². The summed E-state index contributed by atoms with van der Waals surface area (Å²) < 4.78 is 38.8. The van der Waals surface area contributed by atoms with E-state index in [1.807, 2.05) is 6.07 Å². The van der Waals surface area contributed by atoms with Crippen LogP contribution in [0.2, 0.25) is 0 Å². The van der Waals surface area contributed by atoms with Crippen LogP contribution in [0.4, 0.5) is 14.5 Å². The minimum absolute atomic E-state index is 0.0827. The van der Waals surface area contributed by atoms with E-state index >= 15 is 0 Å². The van der Waals surface area contributed by atoms with Gasteiger partial charge in [-0.15, -0.1) is 0 Å². The van der Waals surface area contributed by atoms with Gasteiger partial charge in [-0.05, 0) is 25.5 Å². The fourth-order valence-electron chi connectivity index (χ4n) is 3.39. The minimum Gasteiger partial charge on any atom is -0.491 e. The smallest absolute Gasteiger partial charge is 0.246 e. The number of ether oxygens (including phenoxy) is 2. The Balaban J connectivity index is 1.68. The molecule has 164 valence electrons. The number of hydrogen-bond donors (Lipinski definition) is 2. The molecule has 1 saturated heterocycles. The highest BCUT2D eigenvalue weighted by molar-refractivity contribution is 5.61. The second-order valence-electron chi connectivity index (χ2n) is 7.18. The van der Waals surface area contributed by atoms with Gasteiger partial charge in [0.15, 0.2) is 23.2 Å². The summed E-state index contributed by atoms with van der Waals surface area (Å²) in [7, 11) is 1.18. The third-order valence-electron chi connectivity index (χ3n) is 4.97. The first-order chi connectivity index (χ1) is 15.6. The molecule has 1 aromatic carbocycles. The van der Waals surface area contributed by atoms with E-state index in [9.17, 15) is 8.78 Å². The molecule has 4 rings (SSSR count). The molecule has 0 spiro atoms. The average molecular weight is 438 g/mol. The van der Waals surface area contributed by atoms with Gasteiger partial charge in [0.1, 0.15) is 17.5 Å². The maximum atomic E-state index is 14.2. The van der Waals surface area contributed by atoms with Crippen LogP contribution in [0.15, 0.2) is 36.8 Å². The van der Waals surface area contributed by atoms with Crippen LogP contribution in [0.25, 0.3) is 11.4 Å². The lowest BCUT2D eigenvalue weighted by Crippen LogP contribution is -2.29. The van der Waals surface area contributed by atoms with Gasteiger partial charge in [-0.1, -0.05) is 0 Å². The highest BCUT2D eigenvalue weighted by Crippen LogP contribution is 2.33. The Morgan fingerprint density at radius 3 is 2.72 bits per heavy atom. The second kappa shape index (κ2) is 9.53. The summed E-state index contributed by atoms with van der Waals surface area (Å²) in [5, 5.41) is 15.7. The maximum Gasteiger partial charge on any atom is 0.246 e. The molecule has 8 nitrogen and oxygen atoms in total. The van der Waals surface area contributed by atoms with Crippen LogP contribution in [-0.4, -0.2) is 41.2 Å². The van der Waals surface area contributed by atoms with Gasteiger partial charge < -0.3 is 20.1 Å². The van der Waals surface area contributed by atoms with Gasteiger partial charge in [-0.3, -0.25) is 4.98 Å². The quantitative estimate of drug-likeness (QED) is 0.576. The van der Waals surface area contributed by atoms with E-state index in [0.717, 1.165) is 31.5 Å². The fraction of sp³-hybridized carbons (Fsp3) is 0.273. The molecule has 1 fully saturated rings. The first kappa shape index (κ1) is 21.4. The molecule has 0 bridgehead atoms. The van der Waals surface area contributed by atoms with Gasteiger partial charge in [-0.2, -0.15) is 10.2 Å². The molecular formula is C22H20F2N6O2. The molecule has 1 aliphatic rings. The van der Waals surface area contributed by atoms with Gasteiger partial charge in [0.05, 0.1) is 18.9 Å². The van der Waals surface area contributed by atoms with E-state index in [0.29, 0.717) is 23.4 Å². The number of aromatic nitrogens is 3. The monoisotopic (exact) mass is 438 g/mol. The third kappa shape index (κ3) is 4.73. The lowest BCUT2D eigenvalue weighted by atomic mass is 10.2. The lowest BCUT2D eigenvalue weighted by Gasteiger charge is -2.16. The van der Waals surface area contributed by atoms with Gasteiger partial charge in [-0.25, -0.2) is 13.8 Å². The van der Waals surface area contributed by atoms with E-state index in [4.69, 9.17) is 14.7 Å². The van der Waals surface area contributed by atoms with Crippen LogP contribution in [0.5, 0.6) is 17.4 Å². The normalized spacial score (nSPS) is 15.2. The van der Waals surface area contributed by atoms with Crippen molar-refractivity contribution in [2.24, 2.45) is 0 Å². The van der Waals surface area contributed by atoms with Crippen molar-refractivity contribution in [3.05, 3.63) is 54.0 Å². The van der Waals surface area contributed by atoms with E-state index in [2.05, 4.69) is 25.6 Å². The summed E-state index contributed by atoms with van der Waals surface area (Å²) in [5.74, 6) is -2.04. The Morgan fingerprint density at radius 1 is 1.22 bits per heavy atom. The molecule has 3 aromatic rings. The molecule has 2 aromatic heterocycles. The molecule has 1 atom stereocenters.